The van der Waals surface area contributed by atoms with Crippen molar-refractivity contribution in [2.24, 2.45) is 0 Å². The Hall–Kier alpha value is -3.10. The van der Waals surface area contributed by atoms with Crippen molar-refractivity contribution < 1.29 is 8.81 Å². The van der Waals surface area contributed by atoms with Crippen LogP contribution in [0.2, 0.25) is 0 Å². The minimum atomic E-state index is -0.353. The van der Waals surface area contributed by atoms with Gasteiger partial charge in [-0.2, -0.15) is 0 Å². The first-order valence-corrected chi connectivity index (χ1v) is 11.2. The molecule has 1 saturated heterocycles. The quantitative estimate of drug-likeness (QED) is 0.343. The van der Waals surface area contributed by atoms with Crippen molar-refractivity contribution in [2.75, 3.05) is 0 Å². The molecule has 4 heterocycles. The van der Waals surface area contributed by atoms with E-state index in [-0.39, 0.29) is 17.9 Å². The van der Waals surface area contributed by atoms with Gasteiger partial charge in [-0.1, -0.05) is 28.1 Å². The largest absolute Gasteiger partial charge is 0.459 e. The van der Waals surface area contributed by atoms with Crippen molar-refractivity contribution in [3.63, 3.8) is 0 Å². The molecule has 0 spiro atoms. The number of rotatable bonds is 5. The predicted octanol–water partition coefficient (Wildman–Crippen LogP) is 5.81. The second-order valence-electron chi connectivity index (χ2n) is 7.44. The molecule has 0 radical (unpaired) electrons. The number of halogens is 2. The summed E-state index contributed by atoms with van der Waals surface area (Å²) in [6, 6.07) is 17.8. The molecule has 0 unspecified atom stereocenters. The van der Waals surface area contributed by atoms with Gasteiger partial charge in [-0.3, -0.25) is 9.97 Å². The van der Waals surface area contributed by atoms with Gasteiger partial charge in [0.2, 0.25) is 0 Å². The van der Waals surface area contributed by atoms with Gasteiger partial charge in [0.05, 0.1) is 17.3 Å². The van der Waals surface area contributed by atoms with Crippen LogP contribution in [0.15, 0.2) is 88.1 Å². The average molecular weight is 509 g/mol. The van der Waals surface area contributed by atoms with Crippen LogP contribution in [0.3, 0.4) is 0 Å². The van der Waals surface area contributed by atoms with Crippen molar-refractivity contribution in [2.45, 2.75) is 18.6 Å². The first-order chi connectivity index (χ1) is 15.6. The molecule has 8 heteroatoms. The van der Waals surface area contributed by atoms with Crippen molar-refractivity contribution in [3.8, 4) is 11.3 Å². The fraction of sp³-hybridized carbons (Fsp3) is 0.125. The summed E-state index contributed by atoms with van der Waals surface area (Å²) >= 11 is 8.98. The van der Waals surface area contributed by atoms with Gasteiger partial charge in [0, 0.05) is 29.6 Å². The average Bonchev–Trinajstić information content (AvgIpc) is 3.40. The highest BCUT2D eigenvalue weighted by atomic mass is 79.9. The molecule has 2 atom stereocenters. The van der Waals surface area contributed by atoms with Crippen LogP contribution >= 0.6 is 28.1 Å². The topological polar surface area (TPSA) is 54.2 Å². The maximum absolute atomic E-state index is 14.5. The van der Waals surface area contributed by atoms with Gasteiger partial charge in [-0.05, 0) is 66.3 Å². The number of furan rings is 1. The van der Waals surface area contributed by atoms with Crippen LogP contribution in [0.25, 0.3) is 11.3 Å². The highest BCUT2D eigenvalue weighted by Gasteiger charge is 2.41. The molecule has 4 aromatic rings. The van der Waals surface area contributed by atoms with Gasteiger partial charge in [-0.15, -0.1) is 0 Å². The third kappa shape index (κ3) is 4.03. The Balaban J connectivity index is 1.55. The summed E-state index contributed by atoms with van der Waals surface area (Å²) in [4.78, 5) is 10.8. The minimum absolute atomic E-state index is 0.214. The summed E-state index contributed by atoms with van der Waals surface area (Å²) < 4.78 is 21.4. The van der Waals surface area contributed by atoms with E-state index in [4.69, 9.17) is 16.6 Å². The first kappa shape index (κ1) is 20.8. The molecule has 1 N–H and O–H groups in total. The van der Waals surface area contributed by atoms with Crippen LogP contribution in [0.5, 0.6) is 0 Å². The third-order valence-electron chi connectivity index (χ3n) is 5.39. The summed E-state index contributed by atoms with van der Waals surface area (Å²) in [5.41, 5.74) is 2.27. The molecule has 5 nitrogen and oxygen atoms in total. The number of hydrogen-bond donors (Lipinski definition) is 1. The summed E-state index contributed by atoms with van der Waals surface area (Å²) in [5, 5.41) is 3.99. The van der Waals surface area contributed by atoms with Gasteiger partial charge < -0.3 is 14.6 Å². The second kappa shape index (κ2) is 8.80. The van der Waals surface area contributed by atoms with Gasteiger partial charge in [0.25, 0.3) is 0 Å². The zero-order chi connectivity index (χ0) is 22.1. The maximum Gasteiger partial charge on any atom is 0.170 e. The standard InChI is InChI=1S/C24H18BrFN4OS/c25-16-6-7-17(18(26)12-16)20-8-9-21(31-20)23-22(19-5-1-2-11-28-19)29-24(32)30(23)14-15-4-3-10-27-13-15/h1-13,22-23H,14H2,(H,29,32)/t22-,23-/m0/s1. The van der Waals surface area contributed by atoms with E-state index in [2.05, 4.69) is 36.1 Å². The molecular weight excluding hydrogens is 491 g/mol. The summed E-state index contributed by atoms with van der Waals surface area (Å²) in [7, 11) is 0. The number of aromatic nitrogens is 2. The monoisotopic (exact) mass is 508 g/mol. The second-order valence-corrected chi connectivity index (χ2v) is 8.74. The van der Waals surface area contributed by atoms with E-state index in [1.54, 1.807) is 30.6 Å². The Morgan fingerprint density at radius 1 is 1.09 bits per heavy atom. The zero-order valence-electron chi connectivity index (χ0n) is 16.8. The van der Waals surface area contributed by atoms with E-state index in [9.17, 15) is 4.39 Å². The van der Waals surface area contributed by atoms with E-state index in [1.165, 1.54) is 6.07 Å². The molecule has 1 fully saturated rings. The van der Waals surface area contributed by atoms with E-state index >= 15 is 0 Å². The Morgan fingerprint density at radius 3 is 2.75 bits per heavy atom. The first-order valence-electron chi connectivity index (χ1n) is 10.0. The van der Waals surface area contributed by atoms with Gasteiger partial charge in [-0.25, -0.2) is 4.39 Å². The van der Waals surface area contributed by atoms with Gasteiger partial charge in [0.15, 0.2) is 5.11 Å². The maximum atomic E-state index is 14.5. The van der Waals surface area contributed by atoms with Crippen molar-refractivity contribution in [1.82, 2.24) is 20.2 Å². The normalized spacial score (nSPS) is 18.1. The highest BCUT2D eigenvalue weighted by molar-refractivity contribution is 9.10. The van der Waals surface area contributed by atoms with Crippen LogP contribution in [0.1, 0.15) is 29.1 Å². The SMILES string of the molecule is Fc1cc(Br)ccc1-c1ccc([C@H]2[C@H](c3ccccn3)NC(=S)N2Cc2cccnc2)o1. The van der Waals surface area contributed by atoms with E-state index < -0.39 is 0 Å². The number of thiocarbonyl (C=S) groups is 1. The Kier molecular flexibility index (Phi) is 5.71. The Morgan fingerprint density at radius 2 is 2.00 bits per heavy atom. The zero-order valence-corrected chi connectivity index (χ0v) is 19.2. The van der Waals surface area contributed by atoms with Crippen LogP contribution < -0.4 is 5.32 Å². The highest BCUT2D eigenvalue weighted by Crippen LogP contribution is 2.41. The lowest BCUT2D eigenvalue weighted by Gasteiger charge is -2.26. The van der Waals surface area contributed by atoms with Crippen molar-refractivity contribution in [1.29, 1.82) is 0 Å². The molecule has 0 saturated carbocycles. The van der Waals surface area contributed by atoms with Crippen molar-refractivity contribution in [3.05, 3.63) is 107 Å². The molecule has 0 aliphatic carbocycles. The molecule has 3 aromatic heterocycles. The number of nitrogens with zero attached hydrogens (tertiary/aromatic N) is 3. The van der Waals surface area contributed by atoms with E-state index in [0.29, 0.717) is 33.2 Å². The minimum Gasteiger partial charge on any atom is -0.459 e. The van der Waals surface area contributed by atoms with Crippen LogP contribution in [-0.4, -0.2) is 20.0 Å². The van der Waals surface area contributed by atoms with E-state index in [0.717, 1.165) is 11.3 Å². The van der Waals surface area contributed by atoms with E-state index in [1.807, 2.05) is 42.6 Å². The number of nitrogens with one attached hydrogen (secondary N) is 1. The lowest BCUT2D eigenvalue weighted by Crippen LogP contribution is -2.29. The number of benzene rings is 1. The third-order valence-corrected chi connectivity index (χ3v) is 6.23. The fourth-order valence-electron chi connectivity index (χ4n) is 3.92. The van der Waals surface area contributed by atoms with Gasteiger partial charge in [0.1, 0.15) is 23.4 Å². The Labute approximate surface area is 198 Å². The molecular formula is C24H18BrFN4OS. The van der Waals surface area contributed by atoms with Crippen LogP contribution in [0, 0.1) is 5.82 Å². The summed E-state index contributed by atoms with van der Waals surface area (Å²) in [6.07, 6.45) is 5.31. The van der Waals surface area contributed by atoms with Gasteiger partial charge >= 0.3 is 0 Å². The smallest absolute Gasteiger partial charge is 0.170 e. The molecule has 0 amide bonds. The molecule has 0 bridgehead atoms. The Bertz CT molecular complexity index is 1250. The molecule has 1 aliphatic heterocycles. The molecule has 5 rings (SSSR count). The molecule has 32 heavy (non-hydrogen) atoms. The predicted molar refractivity (Wildman–Crippen MR) is 127 cm³/mol. The lowest BCUT2D eigenvalue weighted by molar-refractivity contribution is 0.268. The number of pyridine rings is 2. The van der Waals surface area contributed by atoms with Crippen LogP contribution in [-0.2, 0) is 6.54 Å². The fourth-order valence-corrected chi connectivity index (χ4v) is 4.56. The molecule has 160 valence electrons. The summed E-state index contributed by atoms with van der Waals surface area (Å²) in [5.74, 6) is 0.784. The molecule has 1 aliphatic rings. The number of hydrogen-bond acceptors (Lipinski definition) is 4. The lowest BCUT2D eigenvalue weighted by atomic mass is 10.0. The van der Waals surface area contributed by atoms with Crippen LogP contribution in [0.4, 0.5) is 4.39 Å². The summed E-state index contributed by atoms with van der Waals surface area (Å²) in [6.45, 7) is 0.552. The van der Waals surface area contributed by atoms with Crippen molar-refractivity contribution >= 4 is 33.3 Å². The molecule has 1 aromatic carbocycles.